The van der Waals surface area contributed by atoms with Crippen molar-refractivity contribution in [3.63, 3.8) is 0 Å². The molecule has 27 heavy (non-hydrogen) atoms. The van der Waals surface area contributed by atoms with Gasteiger partial charge >= 0.3 is 5.97 Å². The quantitative estimate of drug-likeness (QED) is 0.604. The van der Waals surface area contributed by atoms with Gasteiger partial charge in [0.25, 0.3) is 0 Å². The number of rotatable bonds is 7. The highest BCUT2D eigenvalue weighted by molar-refractivity contribution is 5.92. The van der Waals surface area contributed by atoms with Gasteiger partial charge in [0, 0.05) is 0 Å². The second-order valence-electron chi connectivity index (χ2n) is 6.34. The molecule has 3 nitrogen and oxygen atoms in total. The minimum absolute atomic E-state index is 0.304. The number of carboxylic acid groups (broad SMARTS) is 1. The third kappa shape index (κ3) is 4.85. The second-order valence-corrected chi connectivity index (χ2v) is 6.34. The number of allylic oxidation sites excluding steroid dienone is 1. The molecule has 0 atom stereocenters. The summed E-state index contributed by atoms with van der Waals surface area (Å²) in [5.41, 5.74) is 4.29. The Morgan fingerprint density at radius 1 is 0.963 bits per heavy atom. The van der Waals surface area contributed by atoms with E-state index in [0.29, 0.717) is 24.2 Å². The van der Waals surface area contributed by atoms with Gasteiger partial charge < -0.3 is 9.84 Å². The molecule has 3 rings (SSSR count). The molecule has 3 heteroatoms. The number of hydrogen-bond donors (Lipinski definition) is 1. The van der Waals surface area contributed by atoms with Gasteiger partial charge in [-0.1, -0.05) is 78.9 Å². The highest BCUT2D eigenvalue weighted by atomic mass is 16.5. The van der Waals surface area contributed by atoms with E-state index in [1.807, 2.05) is 79.7 Å². The highest BCUT2D eigenvalue weighted by Crippen LogP contribution is 2.25. The Morgan fingerprint density at radius 2 is 1.70 bits per heavy atom. The summed E-state index contributed by atoms with van der Waals surface area (Å²) >= 11 is 0. The molecule has 0 heterocycles. The van der Waals surface area contributed by atoms with E-state index in [0.717, 1.165) is 22.4 Å². The summed E-state index contributed by atoms with van der Waals surface area (Å²) in [6.45, 7) is 2.55. The molecule has 0 saturated carbocycles. The van der Waals surface area contributed by atoms with Crippen LogP contribution in [0.4, 0.5) is 0 Å². The predicted octanol–water partition coefficient (Wildman–Crippen LogP) is 5.53. The molecule has 0 amide bonds. The summed E-state index contributed by atoms with van der Waals surface area (Å²) in [6.07, 6.45) is 4.50. The maximum atomic E-state index is 11.3. The lowest BCUT2D eigenvalue weighted by atomic mass is 10.0. The SMILES string of the molecule is Cc1cccc(C/C=C/c2ccccc2C(=O)O)c1OCc1ccccc1. The minimum Gasteiger partial charge on any atom is -0.488 e. The summed E-state index contributed by atoms with van der Waals surface area (Å²) in [4.78, 5) is 11.3. The zero-order valence-corrected chi connectivity index (χ0v) is 15.3. The van der Waals surface area contributed by atoms with Crippen LogP contribution in [0.25, 0.3) is 6.08 Å². The van der Waals surface area contributed by atoms with E-state index in [1.165, 1.54) is 0 Å². The first-order valence-electron chi connectivity index (χ1n) is 8.89. The summed E-state index contributed by atoms with van der Waals surface area (Å²) in [5.74, 6) is -0.0322. The van der Waals surface area contributed by atoms with Crippen molar-refractivity contribution in [2.75, 3.05) is 0 Å². The molecule has 3 aromatic carbocycles. The number of ether oxygens (including phenoxy) is 1. The maximum Gasteiger partial charge on any atom is 0.336 e. The monoisotopic (exact) mass is 358 g/mol. The van der Waals surface area contributed by atoms with Crippen LogP contribution in [0.1, 0.15) is 32.6 Å². The van der Waals surface area contributed by atoms with Crippen LogP contribution >= 0.6 is 0 Å². The molecule has 3 aromatic rings. The Balaban J connectivity index is 1.76. The molecule has 0 radical (unpaired) electrons. The number of hydrogen-bond acceptors (Lipinski definition) is 2. The predicted molar refractivity (Wildman–Crippen MR) is 108 cm³/mol. The van der Waals surface area contributed by atoms with Gasteiger partial charge in [0.05, 0.1) is 5.56 Å². The lowest BCUT2D eigenvalue weighted by Gasteiger charge is -2.13. The maximum absolute atomic E-state index is 11.3. The largest absolute Gasteiger partial charge is 0.488 e. The molecule has 0 unspecified atom stereocenters. The minimum atomic E-state index is -0.919. The first-order chi connectivity index (χ1) is 13.1. The Labute approximate surface area is 159 Å². The lowest BCUT2D eigenvalue weighted by Crippen LogP contribution is -2.00. The van der Waals surface area contributed by atoms with Crippen LogP contribution in [0.3, 0.4) is 0 Å². The van der Waals surface area contributed by atoms with Crippen LogP contribution in [0.5, 0.6) is 5.75 Å². The third-order valence-corrected chi connectivity index (χ3v) is 4.35. The Morgan fingerprint density at radius 3 is 2.48 bits per heavy atom. The molecule has 0 aromatic heterocycles. The molecule has 0 aliphatic rings. The Kier molecular flexibility index (Phi) is 6.06. The van der Waals surface area contributed by atoms with Gasteiger partial charge in [0.15, 0.2) is 0 Å². The van der Waals surface area contributed by atoms with E-state index in [4.69, 9.17) is 4.74 Å². The third-order valence-electron chi connectivity index (χ3n) is 4.35. The van der Waals surface area contributed by atoms with Crippen LogP contribution in [-0.2, 0) is 13.0 Å². The molecule has 1 N–H and O–H groups in total. The van der Waals surface area contributed by atoms with E-state index in [9.17, 15) is 9.90 Å². The fourth-order valence-electron chi connectivity index (χ4n) is 2.96. The first kappa shape index (κ1) is 18.5. The van der Waals surface area contributed by atoms with Crippen molar-refractivity contribution in [2.45, 2.75) is 20.0 Å². The molecular formula is C24H22O3. The molecule has 0 aliphatic carbocycles. The number of aryl methyl sites for hydroxylation is 1. The van der Waals surface area contributed by atoms with Crippen molar-refractivity contribution in [2.24, 2.45) is 0 Å². The summed E-state index contributed by atoms with van der Waals surface area (Å²) in [5, 5.41) is 9.29. The molecule has 136 valence electrons. The fraction of sp³-hybridized carbons (Fsp3) is 0.125. The van der Waals surface area contributed by atoms with Crippen molar-refractivity contribution in [1.29, 1.82) is 0 Å². The first-order valence-corrected chi connectivity index (χ1v) is 8.89. The Bertz CT molecular complexity index is 943. The zero-order valence-electron chi connectivity index (χ0n) is 15.3. The number of carbonyl (C=O) groups is 1. The normalized spacial score (nSPS) is 10.9. The van der Waals surface area contributed by atoms with Crippen LogP contribution in [0, 0.1) is 6.92 Å². The van der Waals surface area contributed by atoms with Crippen molar-refractivity contribution in [1.82, 2.24) is 0 Å². The standard InChI is InChI=1S/C24H22O3/c1-18-9-7-14-21(23(18)27-17-19-10-3-2-4-11-19)15-8-13-20-12-5-6-16-22(20)24(25)26/h2-14,16H,15,17H2,1H3,(H,25,26)/b13-8+. The van der Waals surface area contributed by atoms with E-state index in [1.54, 1.807) is 12.1 Å². The summed E-state index contributed by atoms with van der Waals surface area (Å²) in [7, 11) is 0. The molecule has 0 aliphatic heterocycles. The number of para-hydroxylation sites is 1. The Hall–Kier alpha value is -3.33. The van der Waals surface area contributed by atoms with Gasteiger partial charge in [0.1, 0.15) is 12.4 Å². The molecule has 0 fully saturated rings. The van der Waals surface area contributed by atoms with Crippen LogP contribution in [-0.4, -0.2) is 11.1 Å². The lowest BCUT2D eigenvalue weighted by molar-refractivity contribution is 0.0696. The molecule has 0 saturated heterocycles. The fourth-order valence-corrected chi connectivity index (χ4v) is 2.96. The van der Waals surface area contributed by atoms with E-state index < -0.39 is 5.97 Å². The van der Waals surface area contributed by atoms with Gasteiger partial charge in [-0.3, -0.25) is 0 Å². The van der Waals surface area contributed by atoms with Crippen LogP contribution in [0.15, 0.2) is 78.9 Å². The number of benzene rings is 3. The summed E-state index contributed by atoms with van der Waals surface area (Å²) < 4.78 is 6.09. The average Bonchev–Trinajstić information content (AvgIpc) is 2.68. The van der Waals surface area contributed by atoms with Crippen molar-refractivity contribution in [3.05, 3.63) is 107 Å². The van der Waals surface area contributed by atoms with Crippen molar-refractivity contribution in [3.8, 4) is 5.75 Å². The highest BCUT2D eigenvalue weighted by Gasteiger charge is 2.08. The van der Waals surface area contributed by atoms with Gasteiger partial charge in [-0.2, -0.15) is 0 Å². The second kappa shape index (κ2) is 8.86. The molecule has 0 bridgehead atoms. The topological polar surface area (TPSA) is 46.5 Å². The summed E-state index contributed by atoms with van der Waals surface area (Å²) in [6, 6.07) is 23.2. The molecular weight excluding hydrogens is 336 g/mol. The smallest absolute Gasteiger partial charge is 0.336 e. The van der Waals surface area contributed by atoms with Crippen LogP contribution in [0.2, 0.25) is 0 Å². The van der Waals surface area contributed by atoms with Gasteiger partial charge in [0.2, 0.25) is 0 Å². The zero-order chi connectivity index (χ0) is 19.1. The van der Waals surface area contributed by atoms with Gasteiger partial charge in [-0.15, -0.1) is 0 Å². The van der Waals surface area contributed by atoms with E-state index in [-0.39, 0.29) is 0 Å². The van der Waals surface area contributed by atoms with E-state index >= 15 is 0 Å². The van der Waals surface area contributed by atoms with Gasteiger partial charge in [-0.25, -0.2) is 4.79 Å². The van der Waals surface area contributed by atoms with E-state index in [2.05, 4.69) is 0 Å². The van der Waals surface area contributed by atoms with Crippen molar-refractivity contribution < 1.29 is 14.6 Å². The molecule has 0 spiro atoms. The number of carboxylic acids is 1. The average molecular weight is 358 g/mol. The number of aromatic carboxylic acids is 1. The van der Waals surface area contributed by atoms with Crippen molar-refractivity contribution >= 4 is 12.0 Å². The van der Waals surface area contributed by atoms with Crippen LogP contribution < -0.4 is 4.74 Å². The van der Waals surface area contributed by atoms with Gasteiger partial charge in [-0.05, 0) is 41.7 Å².